The fraction of sp³-hybridized carbons (Fsp3) is 0.389. The molecule has 2 aliphatic rings. The summed E-state index contributed by atoms with van der Waals surface area (Å²) in [5.74, 6) is 0.000119. The molecule has 0 aliphatic carbocycles. The molecule has 5 heteroatoms. The number of nitrogens with one attached hydrogen (secondary N) is 2. The highest BCUT2D eigenvalue weighted by Crippen LogP contribution is 2.29. The predicted octanol–water partition coefficient (Wildman–Crippen LogP) is 2.97. The summed E-state index contributed by atoms with van der Waals surface area (Å²) in [6.07, 6.45) is 3.44. The third kappa shape index (κ3) is 2.66. The molecule has 2 fully saturated rings. The zero-order valence-corrected chi connectivity index (χ0v) is 13.8. The zero-order chi connectivity index (χ0) is 16.0. The molecule has 2 aliphatic heterocycles. The average Bonchev–Trinajstić information content (AvgIpc) is 3.22. The first-order valence-electron chi connectivity index (χ1n) is 8.10. The van der Waals surface area contributed by atoms with E-state index in [-0.39, 0.29) is 11.9 Å². The topological polar surface area (TPSA) is 46.1 Å². The highest BCUT2D eigenvalue weighted by Gasteiger charge is 2.39. The Morgan fingerprint density at radius 1 is 1.30 bits per heavy atom. The third-order valence-corrected chi connectivity index (χ3v) is 5.33. The van der Waals surface area contributed by atoms with Crippen molar-refractivity contribution in [3.8, 4) is 11.3 Å². The maximum Gasteiger partial charge on any atom is 0.268 e. The first kappa shape index (κ1) is 14.8. The largest absolute Gasteiger partial charge is 0.346 e. The van der Waals surface area contributed by atoms with E-state index in [1.165, 1.54) is 6.42 Å². The summed E-state index contributed by atoms with van der Waals surface area (Å²) >= 11 is 6.07. The van der Waals surface area contributed by atoms with Crippen molar-refractivity contribution in [3.05, 3.63) is 47.1 Å². The van der Waals surface area contributed by atoms with Gasteiger partial charge in [0.05, 0.1) is 0 Å². The second-order valence-electron chi connectivity index (χ2n) is 6.54. The molecule has 2 saturated heterocycles. The number of hydrogen-bond acceptors (Lipinski definition) is 2. The number of benzene rings is 1. The van der Waals surface area contributed by atoms with Crippen LogP contribution in [0.5, 0.6) is 0 Å². The van der Waals surface area contributed by atoms with Crippen molar-refractivity contribution >= 4 is 17.5 Å². The Hall–Kier alpha value is -1.78. The number of carbonyl (C=O) groups is 1. The quantitative estimate of drug-likeness (QED) is 0.909. The lowest BCUT2D eigenvalue weighted by molar-refractivity contribution is 0.0923. The lowest BCUT2D eigenvalue weighted by Gasteiger charge is -2.21. The fourth-order valence-corrected chi connectivity index (χ4v) is 4.09. The Morgan fingerprint density at radius 2 is 2.17 bits per heavy atom. The van der Waals surface area contributed by atoms with Crippen LogP contribution in [0.25, 0.3) is 11.3 Å². The van der Waals surface area contributed by atoms with E-state index in [1.54, 1.807) is 0 Å². The number of rotatable bonds is 3. The second-order valence-corrected chi connectivity index (χ2v) is 6.97. The van der Waals surface area contributed by atoms with Crippen LogP contribution in [0.1, 0.15) is 29.8 Å². The van der Waals surface area contributed by atoms with Crippen molar-refractivity contribution in [1.82, 2.24) is 15.2 Å². The maximum absolute atomic E-state index is 12.6. The van der Waals surface area contributed by atoms with Gasteiger partial charge in [0.2, 0.25) is 0 Å². The van der Waals surface area contributed by atoms with Gasteiger partial charge in [0.15, 0.2) is 0 Å². The molecule has 1 amide bonds. The SMILES string of the molecule is Cn1c(C(=O)N[C@@H]2C[C@H]3CC[C@@H]2N3)ccc1-c1cccc(Cl)c1. The van der Waals surface area contributed by atoms with Crippen molar-refractivity contribution in [2.75, 3.05) is 0 Å². The fourth-order valence-electron chi connectivity index (χ4n) is 3.90. The highest BCUT2D eigenvalue weighted by atomic mass is 35.5. The summed E-state index contributed by atoms with van der Waals surface area (Å²) in [6, 6.07) is 12.8. The van der Waals surface area contributed by atoms with Crippen LogP contribution in [0.2, 0.25) is 5.02 Å². The third-order valence-electron chi connectivity index (χ3n) is 5.09. The average molecular weight is 330 g/mol. The van der Waals surface area contributed by atoms with Crippen LogP contribution < -0.4 is 10.6 Å². The van der Waals surface area contributed by atoms with Crippen molar-refractivity contribution < 1.29 is 4.79 Å². The van der Waals surface area contributed by atoms with Gasteiger partial charge in [0.1, 0.15) is 5.69 Å². The van der Waals surface area contributed by atoms with Crippen LogP contribution in [0.3, 0.4) is 0 Å². The standard InChI is InChI=1S/C18H20ClN3O/c1-22-16(11-3-2-4-12(19)9-11)7-8-17(22)18(23)21-15-10-13-5-6-14(15)20-13/h2-4,7-9,13-15,20H,5-6,10H2,1H3,(H,21,23)/t13-,14+,15-/m1/s1. The molecule has 2 aromatic rings. The summed E-state index contributed by atoms with van der Waals surface area (Å²) in [5, 5.41) is 7.44. The van der Waals surface area contributed by atoms with Crippen molar-refractivity contribution in [2.24, 2.45) is 7.05 Å². The lowest BCUT2D eigenvalue weighted by Crippen LogP contribution is -2.43. The van der Waals surface area contributed by atoms with E-state index >= 15 is 0 Å². The Morgan fingerprint density at radius 3 is 2.87 bits per heavy atom. The smallest absolute Gasteiger partial charge is 0.268 e. The molecule has 4 rings (SSSR count). The van der Waals surface area contributed by atoms with Gasteiger partial charge >= 0.3 is 0 Å². The first-order chi connectivity index (χ1) is 11.1. The molecular formula is C18H20ClN3O. The monoisotopic (exact) mass is 329 g/mol. The molecule has 2 N–H and O–H groups in total. The van der Waals surface area contributed by atoms with Gasteiger partial charge in [0, 0.05) is 35.9 Å². The Bertz CT molecular complexity index is 754. The molecule has 3 atom stereocenters. The molecule has 4 nitrogen and oxygen atoms in total. The van der Waals surface area contributed by atoms with Crippen molar-refractivity contribution in [1.29, 1.82) is 0 Å². The van der Waals surface area contributed by atoms with E-state index in [4.69, 9.17) is 11.6 Å². The van der Waals surface area contributed by atoms with E-state index < -0.39 is 0 Å². The second kappa shape index (κ2) is 5.69. The van der Waals surface area contributed by atoms with Crippen LogP contribution >= 0.6 is 11.6 Å². The van der Waals surface area contributed by atoms with E-state index in [0.717, 1.165) is 24.1 Å². The van der Waals surface area contributed by atoms with Crippen LogP contribution in [0.4, 0.5) is 0 Å². The highest BCUT2D eigenvalue weighted by molar-refractivity contribution is 6.30. The molecule has 23 heavy (non-hydrogen) atoms. The summed E-state index contributed by atoms with van der Waals surface area (Å²) in [7, 11) is 1.92. The molecule has 120 valence electrons. The number of aromatic nitrogens is 1. The Labute approximate surface area is 140 Å². The maximum atomic E-state index is 12.6. The number of nitrogens with zero attached hydrogens (tertiary/aromatic N) is 1. The van der Waals surface area contributed by atoms with Gasteiger partial charge in [-0.15, -0.1) is 0 Å². The summed E-state index contributed by atoms with van der Waals surface area (Å²) in [6.45, 7) is 0. The predicted molar refractivity (Wildman–Crippen MR) is 91.7 cm³/mol. The summed E-state index contributed by atoms with van der Waals surface area (Å²) in [4.78, 5) is 12.6. The molecule has 1 aromatic carbocycles. The van der Waals surface area contributed by atoms with Crippen LogP contribution in [0, 0.1) is 0 Å². The summed E-state index contributed by atoms with van der Waals surface area (Å²) < 4.78 is 1.93. The van der Waals surface area contributed by atoms with Crippen LogP contribution in [-0.4, -0.2) is 28.6 Å². The number of hydrogen-bond donors (Lipinski definition) is 2. The van der Waals surface area contributed by atoms with E-state index in [9.17, 15) is 4.79 Å². The molecule has 2 bridgehead atoms. The van der Waals surface area contributed by atoms with Gasteiger partial charge in [-0.2, -0.15) is 0 Å². The lowest BCUT2D eigenvalue weighted by atomic mass is 9.95. The van der Waals surface area contributed by atoms with Crippen molar-refractivity contribution in [3.63, 3.8) is 0 Å². The van der Waals surface area contributed by atoms with Crippen molar-refractivity contribution in [2.45, 2.75) is 37.4 Å². The number of amides is 1. The van der Waals surface area contributed by atoms with E-state index in [2.05, 4.69) is 10.6 Å². The molecule has 3 heterocycles. The van der Waals surface area contributed by atoms with E-state index in [1.807, 2.05) is 48.0 Å². The molecule has 0 radical (unpaired) electrons. The normalized spacial score (nSPS) is 25.7. The molecule has 0 spiro atoms. The molecule has 0 saturated carbocycles. The van der Waals surface area contributed by atoms with Gasteiger partial charge in [-0.3, -0.25) is 4.79 Å². The van der Waals surface area contributed by atoms with Crippen LogP contribution in [0.15, 0.2) is 36.4 Å². The number of fused-ring (bicyclic) bond motifs is 2. The van der Waals surface area contributed by atoms with E-state index in [0.29, 0.717) is 22.8 Å². The van der Waals surface area contributed by atoms with Gasteiger partial charge in [0.25, 0.3) is 5.91 Å². The Kier molecular flexibility index (Phi) is 3.66. The van der Waals surface area contributed by atoms with Gasteiger partial charge in [-0.25, -0.2) is 0 Å². The number of halogens is 1. The minimum atomic E-state index is 0.000119. The van der Waals surface area contributed by atoms with Crippen LogP contribution in [-0.2, 0) is 7.05 Å². The number of carbonyl (C=O) groups excluding carboxylic acids is 1. The minimum absolute atomic E-state index is 0.000119. The van der Waals surface area contributed by atoms with Gasteiger partial charge < -0.3 is 15.2 Å². The van der Waals surface area contributed by atoms with Gasteiger partial charge in [-0.1, -0.05) is 23.7 Å². The molecule has 0 unspecified atom stereocenters. The minimum Gasteiger partial charge on any atom is -0.346 e. The molecular weight excluding hydrogens is 310 g/mol. The zero-order valence-electron chi connectivity index (χ0n) is 13.1. The molecule has 1 aromatic heterocycles. The summed E-state index contributed by atoms with van der Waals surface area (Å²) in [5.41, 5.74) is 2.69. The van der Waals surface area contributed by atoms with Gasteiger partial charge in [-0.05, 0) is 49.1 Å². The Balaban J connectivity index is 1.54. The first-order valence-corrected chi connectivity index (χ1v) is 8.48.